The molecule has 9 heteroatoms. The molecule has 0 saturated heterocycles. The highest BCUT2D eigenvalue weighted by Crippen LogP contribution is 2.29. The third-order valence-electron chi connectivity index (χ3n) is 4.39. The number of hydrogen-bond donors (Lipinski definition) is 1. The van der Waals surface area contributed by atoms with Crippen LogP contribution in [-0.2, 0) is 11.8 Å². The molecule has 3 rings (SSSR count). The second-order valence-electron chi connectivity index (χ2n) is 6.29. The van der Waals surface area contributed by atoms with Gasteiger partial charge in [-0.05, 0) is 37.3 Å². The first-order valence-corrected chi connectivity index (χ1v) is 9.96. The van der Waals surface area contributed by atoms with E-state index in [1.54, 1.807) is 26.6 Å². The number of aromatic nitrogens is 4. The van der Waals surface area contributed by atoms with E-state index in [2.05, 4.69) is 20.5 Å². The van der Waals surface area contributed by atoms with Gasteiger partial charge in [-0.25, -0.2) is 0 Å². The molecule has 1 amide bonds. The molecule has 0 fully saturated rings. The lowest BCUT2D eigenvalue weighted by Gasteiger charge is -2.18. The van der Waals surface area contributed by atoms with E-state index in [1.165, 1.54) is 11.8 Å². The number of hydrogen-bond acceptors (Lipinski definition) is 7. The summed E-state index contributed by atoms with van der Waals surface area (Å²) in [4.78, 5) is 16.5. The molecule has 29 heavy (non-hydrogen) atoms. The van der Waals surface area contributed by atoms with E-state index in [0.717, 1.165) is 17.0 Å². The molecule has 1 aromatic carbocycles. The molecule has 0 bridgehead atoms. The Balaban J connectivity index is 1.63. The highest BCUT2D eigenvalue weighted by atomic mass is 32.2. The number of methoxy groups -OCH3 is 2. The third kappa shape index (κ3) is 4.86. The van der Waals surface area contributed by atoms with Crippen molar-refractivity contribution in [2.75, 3.05) is 20.0 Å². The number of benzene rings is 1. The maximum absolute atomic E-state index is 12.5. The summed E-state index contributed by atoms with van der Waals surface area (Å²) in [5.74, 6) is 2.24. The summed E-state index contributed by atoms with van der Waals surface area (Å²) >= 11 is 1.33. The minimum absolute atomic E-state index is 0.110. The van der Waals surface area contributed by atoms with Crippen LogP contribution in [0.2, 0.25) is 0 Å². The number of amides is 1. The summed E-state index contributed by atoms with van der Waals surface area (Å²) in [6, 6.07) is 9.01. The van der Waals surface area contributed by atoms with Gasteiger partial charge in [-0.3, -0.25) is 9.78 Å². The summed E-state index contributed by atoms with van der Waals surface area (Å²) in [5.41, 5.74) is 1.77. The molecule has 1 atom stereocenters. The van der Waals surface area contributed by atoms with Crippen molar-refractivity contribution in [2.45, 2.75) is 18.1 Å². The number of rotatable bonds is 8. The smallest absolute Gasteiger partial charge is 0.230 e. The van der Waals surface area contributed by atoms with Crippen molar-refractivity contribution in [2.24, 2.45) is 7.05 Å². The lowest BCUT2D eigenvalue weighted by atomic mass is 10.1. The molecular weight excluding hydrogens is 390 g/mol. The minimum Gasteiger partial charge on any atom is -0.497 e. The van der Waals surface area contributed by atoms with Gasteiger partial charge in [0.25, 0.3) is 0 Å². The normalized spacial score (nSPS) is 11.7. The SMILES string of the molecule is COc1ccc(OC)c([C@@H](C)NC(=O)CSc2nnc(-c3ccncc3)n2C)c1. The molecule has 0 unspecified atom stereocenters. The molecule has 0 radical (unpaired) electrons. The first-order valence-electron chi connectivity index (χ1n) is 8.97. The lowest BCUT2D eigenvalue weighted by molar-refractivity contribution is -0.119. The maximum atomic E-state index is 12.5. The van der Waals surface area contributed by atoms with Gasteiger partial charge in [0.05, 0.1) is 26.0 Å². The second kappa shape index (κ2) is 9.42. The standard InChI is InChI=1S/C20H23N5O3S/c1-13(16-11-15(27-3)5-6-17(16)28-4)22-18(26)12-29-20-24-23-19(25(20)2)14-7-9-21-10-8-14/h5-11,13H,12H2,1-4H3,(H,22,26)/t13-/m1/s1. The summed E-state index contributed by atoms with van der Waals surface area (Å²) in [5, 5.41) is 12.1. The van der Waals surface area contributed by atoms with Gasteiger partial charge in [0, 0.05) is 30.6 Å². The summed E-state index contributed by atoms with van der Waals surface area (Å²) in [7, 11) is 5.08. The Kier molecular flexibility index (Phi) is 6.71. The fourth-order valence-electron chi connectivity index (χ4n) is 2.86. The summed E-state index contributed by atoms with van der Waals surface area (Å²) in [6.45, 7) is 1.91. The van der Waals surface area contributed by atoms with Crippen molar-refractivity contribution >= 4 is 17.7 Å². The molecular formula is C20H23N5O3S. The second-order valence-corrected chi connectivity index (χ2v) is 7.23. The molecule has 0 aliphatic carbocycles. The molecule has 0 spiro atoms. The van der Waals surface area contributed by atoms with Gasteiger partial charge in [0.2, 0.25) is 5.91 Å². The molecule has 2 heterocycles. The first kappa shape index (κ1) is 20.7. The van der Waals surface area contributed by atoms with Gasteiger partial charge in [-0.2, -0.15) is 0 Å². The molecule has 8 nitrogen and oxygen atoms in total. The van der Waals surface area contributed by atoms with Crippen LogP contribution in [0.1, 0.15) is 18.5 Å². The van der Waals surface area contributed by atoms with Gasteiger partial charge < -0.3 is 19.4 Å². The summed E-state index contributed by atoms with van der Waals surface area (Å²) in [6.07, 6.45) is 3.41. The fraction of sp³-hybridized carbons (Fsp3) is 0.300. The van der Waals surface area contributed by atoms with Crippen molar-refractivity contribution in [1.82, 2.24) is 25.1 Å². The van der Waals surface area contributed by atoms with Crippen LogP contribution in [0, 0.1) is 0 Å². The van der Waals surface area contributed by atoms with Crippen LogP contribution >= 0.6 is 11.8 Å². The van der Waals surface area contributed by atoms with Crippen molar-refractivity contribution in [3.63, 3.8) is 0 Å². The van der Waals surface area contributed by atoms with Crippen molar-refractivity contribution in [3.8, 4) is 22.9 Å². The number of carbonyl (C=O) groups is 1. The predicted molar refractivity (Wildman–Crippen MR) is 111 cm³/mol. The Morgan fingerprint density at radius 2 is 1.93 bits per heavy atom. The van der Waals surface area contributed by atoms with E-state index >= 15 is 0 Å². The maximum Gasteiger partial charge on any atom is 0.230 e. The van der Waals surface area contributed by atoms with Crippen LogP contribution < -0.4 is 14.8 Å². The van der Waals surface area contributed by atoms with E-state index in [4.69, 9.17) is 9.47 Å². The Morgan fingerprint density at radius 3 is 2.62 bits per heavy atom. The van der Waals surface area contributed by atoms with Crippen molar-refractivity contribution in [3.05, 3.63) is 48.3 Å². The zero-order chi connectivity index (χ0) is 20.8. The van der Waals surface area contributed by atoms with E-state index < -0.39 is 0 Å². The van der Waals surface area contributed by atoms with E-state index in [0.29, 0.717) is 16.7 Å². The zero-order valence-corrected chi connectivity index (χ0v) is 17.6. The molecule has 0 saturated carbocycles. The molecule has 3 aromatic rings. The molecule has 0 aliphatic rings. The van der Waals surface area contributed by atoms with Crippen molar-refractivity contribution in [1.29, 1.82) is 0 Å². The van der Waals surface area contributed by atoms with E-state index in [1.807, 2.05) is 48.9 Å². The Labute approximate surface area is 173 Å². The number of pyridine rings is 1. The monoisotopic (exact) mass is 413 g/mol. The number of nitrogens with zero attached hydrogens (tertiary/aromatic N) is 4. The summed E-state index contributed by atoms with van der Waals surface area (Å²) < 4.78 is 12.5. The molecule has 0 aliphatic heterocycles. The van der Waals surface area contributed by atoms with Gasteiger partial charge in [-0.15, -0.1) is 10.2 Å². The number of ether oxygens (including phenoxy) is 2. The highest BCUT2D eigenvalue weighted by Gasteiger charge is 2.17. The van der Waals surface area contributed by atoms with Crippen molar-refractivity contribution < 1.29 is 14.3 Å². The van der Waals surface area contributed by atoms with Crippen LogP contribution in [0.4, 0.5) is 0 Å². The first-order chi connectivity index (χ1) is 14.0. The molecule has 1 N–H and O–H groups in total. The van der Waals surface area contributed by atoms with Gasteiger partial charge in [-0.1, -0.05) is 11.8 Å². The third-order valence-corrected chi connectivity index (χ3v) is 5.41. The average molecular weight is 414 g/mol. The van der Waals surface area contributed by atoms with Crippen LogP contribution in [0.3, 0.4) is 0 Å². The number of carbonyl (C=O) groups excluding carboxylic acids is 1. The number of nitrogens with one attached hydrogen (secondary N) is 1. The van der Waals surface area contributed by atoms with Crippen LogP contribution in [-0.4, -0.2) is 45.6 Å². The van der Waals surface area contributed by atoms with E-state index in [9.17, 15) is 4.79 Å². The fourth-order valence-corrected chi connectivity index (χ4v) is 3.58. The average Bonchev–Trinajstić information content (AvgIpc) is 3.12. The van der Waals surface area contributed by atoms with Crippen LogP contribution in [0.15, 0.2) is 47.9 Å². The highest BCUT2D eigenvalue weighted by molar-refractivity contribution is 7.99. The topological polar surface area (TPSA) is 91.2 Å². The largest absolute Gasteiger partial charge is 0.497 e. The van der Waals surface area contributed by atoms with Gasteiger partial charge >= 0.3 is 0 Å². The Hall–Kier alpha value is -3.07. The minimum atomic E-state index is -0.236. The molecule has 152 valence electrons. The van der Waals surface area contributed by atoms with Crippen LogP contribution in [0.5, 0.6) is 11.5 Å². The Morgan fingerprint density at radius 1 is 1.17 bits per heavy atom. The zero-order valence-electron chi connectivity index (χ0n) is 16.7. The van der Waals surface area contributed by atoms with Gasteiger partial charge in [0.1, 0.15) is 11.5 Å². The molecule has 2 aromatic heterocycles. The lowest BCUT2D eigenvalue weighted by Crippen LogP contribution is -2.28. The quantitative estimate of drug-likeness (QED) is 0.568. The van der Waals surface area contributed by atoms with Gasteiger partial charge in [0.15, 0.2) is 11.0 Å². The predicted octanol–water partition coefficient (Wildman–Crippen LogP) is 2.86. The Bertz CT molecular complexity index is 978. The van der Waals surface area contributed by atoms with Crippen LogP contribution in [0.25, 0.3) is 11.4 Å². The number of thioether (sulfide) groups is 1. The van der Waals surface area contributed by atoms with E-state index in [-0.39, 0.29) is 17.7 Å².